The van der Waals surface area contributed by atoms with E-state index in [0.717, 1.165) is 43.7 Å². The van der Waals surface area contributed by atoms with Crippen LogP contribution < -0.4 is 10.5 Å². The summed E-state index contributed by atoms with van der Waals surface area (Å²) in [7, 11) is 0. The van der Waals surface area contributed by atoms with Crippen molar-refractivity contribution in [3.8, 4) is 6.07 Å². The monoisotopic (exact) mass is 458 g/mol. The van der Waals surface area contributed by atoms with Crippen molar-refractivity contribution in [1.29, 1.82) is 5.26 Å². The lowest BCUT2D eigenvalue weighted by Gasteiger charge is -2.33. The highest BCUT2D eigenvalue weighted by Crippen LogP contribution is 2.36. The SMILES string of the molecule is CCCn1c(N2CCCCC2)c(/C=C2/SC(=S)N(CC(C)C)C2=O)c(C)c(C#N)c1=O. The largest absolute Gasteiger partial charge is 0.357 e. The Kier molecular flexibility index (Phi) is 7.60. The molecule has 0 saturated carbocycles. The van der Waals surface area contributed by atoms with Crippen LogP contribution in [0.5, 0.6) is 0 Å². The molecule has 0 unspecified atom stereocenters. The van der Waals surface area contributed by atoms with E-state index < -0.39 is 0 Å². The third kappa shape index (κ3) is 4.73. The number of aromatic nitrogens is 1. The second-order valence-electron chi connectivity index (χ2n) is 8.54. The fourth-order valence-corrected chi connectivity index (χ4v) is 5.43. The summed E-state index contributed by atoms with van der Waals surface area (Å²) in [6, 6.07) is 2.10. The number of nitrogens with zero attached hydrogens (tertiary/aromatic N) is 4. The van der Waals surface area contributed by atoms with E-state index in [1.807, 2.05) is 19.9 Å². The van der Waals surface area contributed by atoms with E-state index in [1.54, 1.807) is 9.47 Å². The summed E-state index contributed by atoms with van der Waals surface area (Å²) in [5.74, 6) is 1.04. The van der Waals surface area contributed by atoms with Crippen LogP contribution in [0.4, 0.5) is 5.82 Å². The van der Waals surface area contributed by atoms with Crippen LogP contribution in [-0.2, 0) is 11.3 Å². The molecule has 0 atom stereocenters. The summed E-state index contributed by atoms with van der Waals surface area (Å²) in [6.45, 7) is 10.8. The van der Waals surface area contributed by atoms with Crippen LogP contribution in [-0.4, -0.2) is 39.3 Å². The first-order valence-corrected chi connectivity index (χ1v) is 12.2. The molecule has 2 fully saturated rings. The number of carbonyl (C=O) groups is 1. The molecule has 166 valence electrons. The maximum atomic E-state index is 13.1. The van der Waals surface area contributed by atoms with Gasteiger partial charge in [-0.1, -0.05) is 44.8 Å². The predicted octanol–water partition coefficient (Wildman–Crippen LogP) is 4.29. The standard InChI is InChI=1S/C23H30N4O2S2/c1-5-9-26-20(25-10-7-6-8-11-25)17(16(4)18(13-24)21(26)28)12-19-22(29)27(14-15(2)3)23(30)31-19/h12,15H,5-11,14H2,1-4H3/b19-12+. The van der Waals surface area contributed by atoms with Gasteiger partial charge >= 0.3 is 0 Å². The number of anilines is 1. The second-order valence-corrected chi connectivity index (χ2v) is 10.2. The zero-order chi connectivity index (χ0) is 22.7. The van der Waals surface area contributed by atoms with Gasteiger partial charge in [0.15, 0.2) is 0 Å². The summed E-state index contributed by atoms with van der Waals surface area (Å²) in [5, 5.41) is 9.71. The Morgan fingerprint density at radius 2 is 1.90 bits per heavy atom. The molecule has 0 radical (unpaired) electrons. The van der Waals surface area contributed by atoms with Crippen LogP contribution >= 0.6 is 24.0 Å². The Morgan fingerprint density at radius 1 is 1.23 bits per heavy atom. The molecule has 6 nitrogen and oxygen atoms in total. The van der Waals surface area contributed by atoms with Crippen LogP contribution in [0.25, 0.3) is 6.08 Å². The number of rotatable bonds is 6. The summed E-state index contributed by atoms with van der Waals surface area (Å²) in [4.78, 5) is 30.7. The number of piperidine rings is 1. The molecular formula is C23H30N4O2S2. The highest BCUT2D eigenvalue weighted by molar-refractivity contribution is 8.26. The van der Waals surface area contributed by atoms with Crippen molar-refractivity contribution in [2.45, 2.75) is 59.9 Å². The average Bonchev–Trinajstić information content (AvgIpc) is 2.99. The Labute approximate surface area is 193 Å². The number of hydrogen-bond acceptors (Lipinski definition) is 6. The van der Waals surface area contributed by atoms with Gasteiger partial charge in [0, 0.05) is 31.7 Å². The average molecular weight is 459 g/mol. The van der Waals surface area contributed by atoms with Gasteiger partial charge in [-0.05, 0) is 50.2 Å². The van der Waals surface area contributed by atoms with Gasteiger partial charge in [-0.15, -0.1) is 0 Å². The maximum Gasteiger partial charge on any atom is 0.270 e. The summed E-state index contributed by atoms with van der Waals surface area (Å²) >= 11 is 6.77. The molecule has 2 aliphatic heterocycles. The topological polar surface area (TPSA) is 69.3 Å². The minimum Gasteiger partial charge on any atom is -0.357 e. The Hall–Kier alpha value is -2.11. The lowest BCUT2D eigenvalue weighted by atomic mass is 10.0. The van der Waals surface area contributed by atoms with Gasteiger partial charge in [-0.3, -0.25) is 19.1 Å². The van der Waals surface area contributed by atoms with Gasteiger partial charge in [0.1, 0.15) is 21.8 Å². The van der Waals surface area contributed by atoms with E-state index in [2.05, 4.69) is 24.8 Å². The van der Waals surface area contributed by atoms with E-state index in [-0.39, 0.29) is 17.0 Å². The molecule has 0 aromatic carbocycles. The van der Waals surface area contributed by atoms with Crippen LogP contribution in [0.2, 0.25) is 0 Å². The molecule has 3 heterocycles. The maximum absolute atomic E-state index is 13.1. The van der Waals surface area contributed by atoms with Crippen LogP contribution in [0, 0.1) is 24.2 Å². The van der Waals surface area contributed by atoms with Crippen molar-refractivity contribution in [3.63, 3.8) is 0 Å². The van der Waals surface area contributed by atoms with E-state index in [1.165, 1.54) is 18.2 Å². The number of carbonyl (C=O) groups excluding carboxylic acids is 1. The normalized spacial score (nSPS) is 18.4. The van der Waals surface area contributed by atoms with E-state index in [0.29, 0.717) is 33.8 Å². The molecule has 1 aromatic heterocycles. The first kappa shape index (κ1) is 23.6. The highest BCUT2D eigenvalue weighted by atomic mass is 32.2. The fourth-order valence-electron chi connectivity index (χ4n) is 4.18. The predicted molar refractivity (Wildman–Crippen MR) is 131 cm³/mol. The molecule has 31 heavy (non-hydrogen) atoms. The van der Waals surface area contributed by atoms with Crippen LogP contribution in [0.3, 0.4) is 0 Å². The Bertz CT molecular complexity index is 1010. The minimum absolute atomic E-state index is 0.0977. The Morgan fingerprint density at radius 3 is 2.48 bits per heavy atom. The van der Waals surface area contributed by atoms with Crippen molar-refractivity contribution in [2.75, 3.05) is 24.5 Å². The molecule has 2 saturated heterocycles. The summed E-state index contributed by atoms with van der Waals surface area (Å²) < 4.78 is 2.29. The smallest absolute Gasteiger partial charge is 0.270 e. The Balaban J connectivity index is 2.21. The zero-order valence-electron chi connectivity index (χ0n) is 18.7. The van der Waals surface area contributed by atoms with Crippen molar-refractivity contribution in [3.05, 3.63) is 31.9 Å². The summed E-state index contributed by atoms with van der Waals surface area (Å²) in [5.41, 5.74) is 1.33. The third-order valence-corrected chi connectivity index (χ3v) is 7.02. The quantitative estimate of drug-likeness (QED) is 0.468. The molecule has 0 spiro atoms. The van der Waals surface area contributed by atoms with Crippen molar-refractivity contribution < 1.29 is 4.79 Å². The number of pyridine rings is 1. The number of hydrogen-bond donors (Lipinski definition) is 0. The van der Waals surface area contributed by atoms with Gasteiger partial charge < -0.3 is 4.90 Å². The van der Waals surface area contributed by atoms with E-state index >= 15 is 0 Å². The number of thiocarbonyl (C=S) groups is 1. The number of amides is 1. The lowest BCUT2D eigenvalue weighted by molar-refractivity contribution is -0.122. The fraction of sp³-hybridized carbons (Fsp3) is 0.565. The van der Waals surface area contributed by atoms with Gasteiger partial charge in [0.2, 0.25) is 0 Å². The van der Waals surface area contributed by atoms with Crippen molar-refractivity contribution in [2.24, 2.45) is 5.92 Å². The molecule has 8 heteroatoms. The molecule has 0 aliphatic carbocycles. The third-order valence-electron chi connectivity index (χ3n) is 5.65. The van der Waals surface area contributed by atoms with E-state index in [9.17, 15) is 14.9 Å². The second kappa shape index (κ2) is 10.0. The number of nitriles is 1. The molecule has 0 N–H and O–H groups in total. The van der Waals surface area contributed by atoms with Crippen molar-refractivity contribution in [1.82, 2.24) is 9.47 Å². The van der Waals surface area contributed by atoms with Gasteiger partial charge in [-0.25, -0.2) is 0 Å². The van der Waals surface area contributed by atoms with Crippen LogP contribution in [0.1, 0.15) is 63.1 Å². The zero-order valence-corrected chi connectivity index (χ0v) is 20.4. The van der Waals surface area contributed by atoms with Gasteiger partial charge in [0.05, 0.1) is 4.91 Å². The number of thioether (sulfide) groups is 1. The highest BCUT2D eigenvalue weighted by Gasteiger charge is 2.33. The summed E-state index contributed by atoms with van der Waals surface area (Å²) in [6.07, 6.45) is 5.94. The molecular weight excluding hydrogens is 428 g/mol. The minimum atomic E-state index is -0.244. The molecule has 3 rings (SSSR count). The molecule has 0 bridgehead atoms. The molecule has 1 amide bonds. The molecule has 1 aromatic rings. The van der Waals surface area contributed by atoms with Gasteiger partial charge in [-0.2, -0.15) is 5.26 Å². The first-order chi connectivity index (χ1) is 14.8. The first-order valence-electron chi connectivity index (χ1n) is 11.0. The van der Waals surface area contributed by atoms with Crippen LogP contribution in [0.15, 0.2) is 9.70 Å². The van der Waals surface area contributed by atoms with E-state index in [4.69, 9.17) is 12.2 Å². The van der Waals surface area contributed by atoms with Crippen molar-refractivity contribution >= 4 is 46.1 Å². The van der Waals surface area contributed by atoms with Gasteiger partial charge in [0.25, 0.3) is 11.5 Å². The molecule has 2 aliphatic rings. The lowest BCUT2D eigenvalue weighted by Crippen LogP contribution is -2.37.